The highest BCUT2D eigenvalue weighted by Gasteiger charge is 2.20. The van der Waals surface area contributed by atoms with E-state index in [4.69, 9.17) is 21.3 Å². The van der Waals surface area contributed by atoms with Crippen molar-refractivity contribution in [2.24, 2.45) is 0 Å². The van der Waals surface area contributed by atoms with Gasteiger partial charge in [0.05, 0.1) is 22.9 Å². The van der Waals surface area contributed by atoms with Gasteiger partial charge in [-0.2, -0.15) is 0 Å². The van der Waals surface area contributed by atoms with E-state index in [9.17, 15) is 5.11 Å². The molecule has 1 aromatic heterocycles. The quantitative estimate of drug-likeness (QED) is 0.287. The van der Waals surface area contributed by atoms with Crippen molar-refractivity contribution >= 4 is 34.7 Å². The van der Waals surface area contributed by atoms with Crippen molar-refractivity contribution in [1.29, 1.82) is 0 Å². The molecule has 0 fully saturated rings. The second kappa shape index (κ2) is 10.5. The van der Waals surface area contributed by atoms with E-state index in [-0.39, 0.29) is 6.10 Å². The van der Waals surface area contributed by atoms with Gasteiger partial charge in [0, 0.05) is 17.5 Å². The molecular weight excluding hydrogens is 442 g/mol. The Morgan fingerprint density at radius 1 is 0.971 bits per heavy atom. The SMILES string of the molecule is CO[C@@H](CCc1ccccc1C(C)(C)O)c1cccc(C=Cc2ccc3ccc(Cl)cc3n2)c1. The molecule has 4 heteroatoms. The van der Waals surface area contributed by atoms with E-state index in [1.807, 2.05) is 62.4 Å². The van der Waals surface area contributed by atoms with Gasteiger partial charge in [-0.05, 0) is 79.3 Å². The molecule has 0 unspecified atom stereocenters. The highest BCUT2D eigenvalue weighted by molar-refractivity contribution is 6.31. The van der Waals surface area contributed by atoms with Crippen molar-refractivity contribution in [3.8, 4) is 0 Å². The average molecular weight is 472 g/mol. The smallest absolute Gasteiger partial charge is 0.0843 e. The minimum Gasteiger partial charge on any atom is -0.386 e. The average Bonchev–Trinajstić information content (AvgIpc) is 2.83. The van der Waals surface area contributed by atoms with Gasteiger partial charge in [-0.3, -0.25) is 0 Å². The van der Waals surface area contributed by atoms with Gasteiger partial charge in [0.25, 0.3) is 0 Å². The summed E-state index contributed by atoms with van der Waals surface area (Å²) in [4.78, 5) is 4.70. The van der Waals surface area contributed by atoms with E-state index < -0.39 is 5.60 Å². The third-order valence-electron chi connectivity index (χ3n) is 6.04. The molecule has 0 aliphatic heterocycles. The lowest BCUT2D eigenvalue weighted by Crippen LogP contribution is -2.18. The van der Waals surface area contributed by atoms with Crippen LogP contribution in [0.3, 0.4) is 0 Å². The molecule has 0 aliphatic carbocycles. The predicted molar refractivity (Wildman–Crippen MR) is 142 cm³/mol. The molecule has 0 spiro atoms. The zero-order chi connectivity index (χ0) is 24.1. The van der Waals surface area contributed by atoms with Gasteiger partial charge < -0.3 is 9.84 Å². The van der Waals surface area contributed by atoms with Gasteiger partial charge in [0.15, 0.2) is 0 Å². The number of hydrogen-bond acceptors (Lipinski definition) is 3. The number of aromatic nitrogens is 1. The van der Waals surface area contributed by atoms with Gasteiger partial charge >= 0.3 is 0 Å². The molecule has 0 bridgehead atoms. The number of benzene rings is 3. The van der Waals surface area contributed by atoms with Crippen molar-refractivity contribution in [2.45, 2.75) is 38.4 Å². The first kappa shape index (κ1) is 24.2. The number of pyridine rings is 1. The Morgan fingerprint density at radius 2 is 1.76 bits per heavy atom. The summed E-state index contributed by atoms with van der Waals surface area (Å²) in [6, 6.07) is 26.3. The van der Waals surface area contributed by atoms with Crippen LogP contribution < -0.4 is 0 Å². The second-order valence-electron chi connectivity index (χ2n) is 9.06. The van der Waals surface area contributed by atoms with Crippen molar-refractivity contribution < 1.29 is 9.84 Å². The lowest BCUT2D eigenvalue weighted by atomic mass is 9.90. The van der Waals surface area contributed by atoms with E-state index in [0.29, 0.717) is 5.02 Å². The molecule has 3 nitrogen and oxygen atoms in total. The maximum Gasteiger partial charge on any atom is 0.0843 e. The lowest BCUT2D eigenvalue weighted by molar-refractivity contribution is 0.0760. The molecule has 34 heavy (non-hydrogen) atoms. The zero-order valence-electron chi connectivity index (χ0n) is 19.8. The minimum absolute atomic E-state index is 0.0378. The summed E-state index contributed by atoms with van der Waals surface area (Å²) >= 11 is 6.12. The monoisotopic (exact) mass is 471 g/mol. The minimum atomic E-state index is -0.869. The Balaban J connectivity index is 1.50. The first-order valence-electron chi connectivity index (χ1n) is 11.5. The summed E-state index contributed by atoms with van der Waals surface area (Å²) < 4.78 is 5.85. The van der Waals surface area contributed by atoms with Crippen LogP contribution >= 0.6 is 11.6 Å². The molecule has 1 heterocycles. The molecule has 174 valence electrons. The number of nitrogens with zero attached hydrogens (tertiary/aromatic N) is 1. The predicted octanol–water partition coefficient (Wildman–Crippen LogP) is 7.61. The molecule has 3 aromatic carbocycles. The Bertz CT molecular complexity index is 1310. The van der Waals surface area contributed by atoms with Crippen LogP contribution in [0.2, 0.25) is 5.02 Å². The summed E-state index contributed by atoms with van der Waals surface area (Å²) in [6.45, 7) is 3.66. The summed E-state index contributed by atoms with van der Waals surface area (Å²) in [6.07, 6.45) is 5.69. The fourth-order valence-electron chi connectivity index (χ4n) is 4.29. The number of aliphatic hydroxyl groups is 1. The first-order chi connectivity index (χ1) is 16.3. The van der Waals surface area contributed by atoms with E-state index in [2.05, 4.69) is 42.5 Å². The Hall–Kier alpha value is -2.98. The summed E-state index contributed by atoms with van der Waals surface area (Å²) in [5.74, 6) is 0. The third-order valence-corrected chi connectivity index (χ3v) is 6.28. The Morgan fingerprint density at radius 3 is 2.56 bits per heavy atom. The van der Waals surface area contributed by atoms with Crippen LogP contribution in [0, 0.1) is 0 Å². The van der Waals surface area contributed by atoms with E-state index in [1.165, 1.54) is 0 Å². The molecular formula is C30H30ClNO2. The van der Waals surface area contributed by atoms with Gasteiger partial charge in [0.1, 0.15) is 0 Å². The van der Waals surface area contributed by atoms with Crippen molar-refractivity contribution in [3.05, 3.63) is 112 Å². The first-order valence-corrected chi connectivity index (χ1v) is 11.9. The van der Waals surface area contributed by atoms with Crippen molar-refractivity contribution in [3.63, 3.8) is 0 Å². The molecule has 0 aliphatic rings. The number of hydrogen-bond donors (Lipinski definition) is 1. The Labute approximate surface area is 206 Å². The van der Waals surface area contributed by atoms with Gasteiger partial charge in [0.2, 0.25) is 0 Å². The number of fused-ring (bicyclic) bond motifs is 1. The van der Waals surface area contributed by atoms with E-state index in [1.54, 1.807) is 7.11 Å². The van der Waals surface area contributed by atoms with Crippen molar-refractivity contribution in [1.82, 2.24) is 4.98 Å². The lowest BCUT2D eigenvalue weighted by Gasteiger charge is -2.23. The van der Waals surface area contributed by atoms with Crippen LogP contribution in [0.1, 0.15) is 54.3 Å². The molecule has 4 rings (SSSR count). The number of rotatable bonds is 8. The fourth-order valence-corrected chi connectivity index (χ4v) is 4.45. The van der Waals surface area contributed by atoms with Crippen LogP contribution in [0.15, 0.2) is 78.9 Å². The maximum atomic E-state index is 10.5. The zero-order valence-corrected chi connectivity index (χ0v) is 20.6. The molecule has 0 amide bonds. The standard InChI is InChI=1S/C30H30ClNO2/c1-30(2,33)27-10-5-4-8-22(27)14-18-29(34-3)24-9-6-7-21(19-24)11-16-26-17-13-23-12-15-25(31)20-28(23)32-26/h4-13,15-17,19-20,29,33H,14,18H2,1-3H3/t29-/m0/s1. The molecule has 1 atom stereocenters. The summed E-state index contributed by atoms with van der Waals surface area (Å²) in [5, 5.41) is 12.3. The van der Waals surface area contributed by atoms with Crippen LogP contribution in [0.4, 0.5) is 0 Å². The summed E-state index contributed by atoms with van der Waals surface area (Å²) in [5.41, 5.74) is 5.22. The maximum absolute atomic E-state index is 10.5. The second-order valence-corrected chi connectivity index (χ2v) is 9.49. The topological polar surface area (TPSA) is 42.4 Å². The van der Waals surface area contributed by atoms with Crippen LogP contribution in [0.5, 0.6) is 0 Å². The largest absolute Gasteiger partial charge is 0.386 e. The number of aryl methyl sites for hydroxylation is 1. The highest BCUT2D eigenvalue weighted by atomic mass is 35.5. The Kier molecular flexibility index (Phi) is 7.47. The molecule has 1 N–H and O–H groups in total. The van der Waals surface area contributed by atoms with Crippen LogP contribution in [-0.4, -0.2) is 17.2 Å². The third kappa shape index (κ3) is 5.92. The number of methoxy groups -OCH3 is 1. The van der Waals surface area contributed by atoms with Crippen LogP contribution in [0.25, 0.3) is 23.1 Å². The van der Waals surface area contributed by atoms with Gasteiger partial charge in [-0.25, -0.2) is 4.98 Å². The highest BCUT2D eigenvalue weighted by Crippen LogP contribution is 2.29. The molecule has 0 saturated carbocycles. The number of ether oxygens (including phenoxy) is 1. The van der Waals surface area contributed by atoms with Crippen molar-refractivity contribution in [2.75, 3.05) is 7.11 Å². The van der Waals surface area contributed by atoms with Crippen LogP contribution in [-0.2, 0) is 16.8 Å². The summed E-state index contributed by atoms with van der Waals surface area (Å²) in [7, 11) is 1.75. The fraction of sp³-hybridized carbons (Fsp3) is 0.233. The molecule has 4 aromatic rings. The van der Waals surface area contributed by atoms with E-state index in [0.717, 1.165) is 51.7 Å². The number of halogens is 1. The van der Waals surface area contributed by atoms with Gasteiger partial charge in [-0.1, -0.05) is 72.3 Å². The van der Waals surface area contributed by atoms with Gasteiger partial charge in [-0.15, -0.1) is 0 Å². The normalized spacial score (nSPS) is 13.0. The molecule has 0 radical (unpaired) electrons. The van der Waals surface area contributed by atoms with E-state index >= 15 is 0 Å². The molecule has 0 saturated heterocycles.